The van der Waals surface area contributed by atoms with E-state index >= 15 is 0 Å². The molecule has 0 aliphatic heterocycles. The van der Waals surface area contributed by atoms with Crippen molar-refractivity contribution >= 4 is 51.7 Å². The van der Waals surface area contributed by atoms with Crippen molar-refractivity contribution in [3.63, 3.8) is 0 Å². The molecule has 0 aliphatic carbocycles. The lowest BCUT2D eigenvalue weighted by Gasteiger charge is -2.03. The molecule has 0 unspecified atom stereocenters. The van der Waals surface area contributed by atoms with E-state index in [4.69, 9.17) is 16.7 Å². The number of rotatable bonds is 7. The predicted octanol–water partition coefficient (Wildman–Crippen LogP) is 5.03. The number of benzene rings is 2. The molecule has 8 heteroatoms. The third kappa shape index (κ3) is 5.56. The summed E-state index contributed by atoms with van der Waals surface area (Å²) in [7, 11) is 0. The number of carboxylic acids is 1. The summed E-state index contributed by atoms with van der Waals surface area (Å²) in [4.78, 5) is 27.4. The second-order valence-corrected chi connectivity index (χ2v) is 7.87. The zero-order chi connectivity index (χ0) is 19.2. The van der Waals surface area contributed by atoms with E-state index in [0.717, 1.165) is 16.9 Å². The number of halogens is 1. The minimum atomic E-state index is -0.969. The first-order valence-corrected chi connectivity index (χ1v) is 10.3. The monoisotopic (exact) mass is 418 g/mol. The van der Waals surface area contributed by atoms with Gasteiger partial charge in [-0.15, -0.1) is 23.1 Å². The number of amides is 1. The minimum Gasteiger partial charge on any atom is -0.478 e. The van der Waals surface area contributed by atoms with E-state index in [1.165, 1.54) is 35.2 Å². The van der Waals surface area contributed by atoms with E-state index < -0.39 is 5.97 Å². The molecule has 0 saturated carbocycles. The van der Waals surface area contributed by atoms with Gasteiger partial charge in [-0.25, -0.2) is 9.78 Å². The summed E-state index contributed by atoms with van der Waals surface area (Å²) < 4.78 is 0. The number of nitrogens with one attached hydrogen (secondary N) is 1. The van der Waals surface area contributed by atoms with Crippen molar-refractivity contribution in [2.75, 3.05) is 11.1 Å². The molecule has 3 rings (SSSR count). The maximum atomic E-state index is 12.1. The number of thioether (sulfide) groups is 1. The fourth-order valence-electron chi connectivity index (χ4n) is 2.24. The molecule has 0 saturated heterocycles. The van der Waals surface area contributed by atoms with E-state index in [2.05, 4.69) is 10.3 Å². The van der Waals surface area contributed by atoms with Crippen LogP contribution in [0.3, 0.4) is 0 Å². The highest BCUT2D eigenvalue weighted by Gasteiger charge is 2.09. The lowest BCUT2D eigenvalue weighted by molar-refractivity contribution is -0.113. The fraction of sp³-hybridized carbons (Fsp3) is 0.105. The Kier molecular flexibility index (Phi) is 6.49. The number of carboxylic acid groups (broad SMARTS) is 1. The van der Waals surface area contributed by atoms with Crippen LogP contribution in [0.5, 0.6) is 0 Å². The number of anilines is 1. The van der Waals surface area contributed by atoms with Crippen LogP contribution in [-0.2, 0) is 10.5 Å². The molecule has 27 heavy (non-hydrogen) atoms. The van der Waals surface area contributed by atoms with Crippen LogP contribution in [0.25, 0.3) is 11.3 Å². The molecule has 1 amide bonds. The molecule has 0 radical (unpaired) electrons. The molecule has 0 atom stereocenters. The first-order chi connectivity index (χ1) is 13.0. The second-order valence-electron chi connectivity index (χ2n) is 5.59. The summed E-state index contributed by atoms with van der Waals surface area (Å²) in [6.07, 6.45) is 0. The highest BCUT2D eigenvalue weighted by molar-refractivity contribution is 7.99. The van der Waals surface area contributed by atoms with Gasteiger partial charge in [-0.05, 0) is 29.8 Å². The smallest absolute Gasteiger partial charge is 0.335 e. The van der Waals surface area contributed by atoms with Crippen molar-refractivity contribution in [1.82, 2.24) is 4.98 Å². The largest absolute Gasteiger partial charge is 0.478 e. The Morgan fingerprint density at radius 2 is 1.81 bits per heavy atom. The molecule has 5 nitrogen and oxygen atoms in total. The lowest BCUT2D eigenvalue weighted by atomic mass is 10.1. The Morgan fingerprint density at radius 3 is 2.48 bits per heavy atom. The Hall–Kier alpha value is -2.35. The molecular weight excluding hydrogens is 404 g/mol. The van der Waals surface area contributed by atoms with Crippen molar-refractivity contribution in [2.24, 2.45) is 0 Å². The number of thiazole rings is 1. The number of nitrogens with zero attached hydrogens (tertiary/aromatic N) is 1. The molecule has 1 aromatic heterocycles. The summed E-state index contributed by atoms with van der Waals surface area (Å²) in [5.41, 5.74) is 2.83. The van der Waals surface area contributed by atoms with Gasteiger partial charge in [-0.2, -0.15) is 0 Å². The molecule has 2 N–H and O–H groups in total. The van der Waals surface area contributed by atoms with Gasteiger partial charge >= 0.3 is 5.97 Å². The lowest BCUT2D eigenvalue weighted by Crippen LogP contribution is -2.13. The van der Waals surface area contributed by atoms with Gasteiger partial charge in [0.25, 0.3) is 0 Å². The normalized spacial score (nSPS) is 10.6. The van der Waals surface area contributed by atoms with Crippen molar-refractivity contribution < 1.29 is 14.7 Å². The fourth-order valence-corrected chi connectivity index (χ4v) is 3.89. The molecule has 0 bridgehead atoms. The Balaban J connectivity index is 1.51. The Bertz CT molecular complexity index is 940. The van der Waals surface area contributed by atoms with Gasteiger partial charge in [0.1, 0.15) is 0 Å². The van der Waals surface area contributed by atoms with Crippen LogP contribution in [0.15, 0.2) is 53.9 Å². The van der Waals surface area contributed by atoms with Gasteiger partial charge in [0.15, 0.2) is 5.13 Å². The maximum Gasteiger partial charge on any atom is 0.335 e. The van der Waals surface area contributed by atoms with Gasteiger partial charge in [0.2, 0.25) is 5.91 Å². The number of hydrogen-bond donors (Lipinski definition) is 2. The number of carbonyl (C=O) groups excluding carboxylic acids is 1. The average molecular weight is 419 g/mol. The molecule has 138 valence electrons. The zero-order valence-corrected chi connectivity index (χ0v) is 16.4. The van der Waals surface area contributed by atoms with Gasteiger partial charge in [0, 0.05) is 21.7 Å². The second kappa shape index (κ2) is 9.03. The molecule has 0 fully saturated rings. The first-order valence-electron chi connectivity index (χ1n) is 7.92. The summed E-state index contributed by atoms with van der Waals surface area (Å²) in [6.45, 7) is 0. The zero-order valence-electron chi connectivity index (χ0n) is 14.0. The average Bonchev–Trinajstić information content (AvgIpc) is 3.12. The minimum absolute atomic E-state index is 0.115. The van der Waals surface area contributed by atoms with Gasteiger partial charge in [-0.3, -0.25) is 4.79 Å². The van der Waals surface area contributed by atoms with Crippen molar-refractivity contribution in [2.45, 2.75) is 5.75 Å². The third-order valence-corrected chi connectivity index (χ3v) is 5.61. The number of hydrogen-bond acceptors (Lipinski definition) is 5. The summed E-state index contributed by atoms with van der Waals surface area (Å²) >= 11 is 8.70. The molecule has 2 aromatic carbocycles. The van der Waals surface area contributed by atoms with Crippen molar-refractivity contribution in [1.29, 1.82) is 0 Å². The molecule has 0 spiro atoms. The molecular formula is C19H15ClN2O3S2. The van der Waals surface area contributed by atoms with Crippen LogP contribution >= 0.6 is 34.7 Å². The standard InChI is InChI=1S/C19H15ClN2O3S2/c20-15-7-1-12(2-8-15)9-26-11-17(23)22-19-21-16(10-27-19)13-3-5-14(6-4-13)18(24)25/h1-8,10H,9,11H2,(H,24,25)(H,21,22,23). The Labute approximate surface area is 169 Å². The van der Waals surface area contributed by atoms with Crippen LogP contribution in [0.1, 0.15) is 15.9 Å². The summed E-state index contributed by atoms with van der Waals surface area (Å²) in [5, 5.41) is 14.8. The summed E-state index contributed by atoms with van der Waals surface area (Å²) in [5.74, 6) is -0.0333. The number of aromatic nitrogens is 1. The van der Waals surface area contributed by atoms with E-state index in [0.29, 0.717) is 21.6 Å². The number of carbonyl (C=O) groups is 2. The molecule has 1 heterocycles. The van der Waals surface area contributed by atoms with E-state index in [1.54, 1.807) is 12.1 Å². The Morgan fingerprint density at radius 1 is 1.11 bits per heavy atom. The van der Waals surface area contributed by atoms with Gasteiger partial charge in [-0.1, -0.05) is 35.9 Å². The van der Waals surface area contributed by atoms with Crippen molar-refractivity contribution in [3.05, 3.63) is 70.1 Å². The van der Waals surface area contributed by atoms with Gasteiger partial charge < -0.3 is 10.4 Å². The molecule has 0 aliphatic rings. The third-order valence-electron chi connectivity index (χ3n) is 3.59. The van der Waals surface area contributed by atoms with E-state index in [1.807, 2.05) is 29.6 Å². The van der Waals surface area contributed by atoms with Gasteiger partial charge in [0.05, 0.1) is 17.0 Å². The van der Waals surface area contributed by atoms with E-state index in [9.17, 15) is 9.59 Å². The topological polar surface area (TPSA) is 79.3 Å². The predicted molar refractivity (Wildman–Crippen MR) is 111 cm³/mol. The van der Waals surface area contributed by atoms with Crippen LogP contribution < -0.4 is 5.32 Å². The summed E-state index contributed by atoms with van der Waals surface area (Å²) in [6, 6.07) is 14.0. The molecule has 3 aromatic rings. The first kappa shape index (κ1) is 19.4. The van der Waals surface area contributed by atoms with Crippen molar-refractivity contribution in [3.8, 4) is 11.3 Å². The number of aromatic carboxylic acids is 1. The highest BCUT2D eigenvalue weighted by atomic mass is 35.5. The van der Waals surface area contributed by atoms with E-state index in [-0.39, 0.29) is 11.5 Å². The highest BCUT2D eigenvalue weighted by Crippen LogP contribution is 2.25. The van der Waals surface area contributed by atoms with Crippen LogP contribution in [-0.4, -0.2) is 27.7 Å². The van der Waals surface area contributed by atoms with Crippen LogP contribution in [0.4, 0.5) is 5.13 Å². The van der Waals surface area contributed by atoms with Crippen LogP contribution in [0.2, 0.25) is 5.02 Å². The van der Waals surface area contributed by atoms with Crippen LogP contribution in [0, 0.1) is 0 Å². The maximum absolute atomic E-state index is 12.1. The quantitative estimate of drug-likeness (QED) is 0.562. The SMILES string of the molecule is O=C(CSCc1ccc(Cl)cc1)Nc1nc(-c2ccc(C(=O)O)cc2)cs1.